The van der Waals surface area contributed by atoms with Gasteiger partial charge in [0.1, 0.15) is 6.61 Å². The lowest BCUT2D eigenvalue weighted by atomic mass is 9.94. The molecule has 1 heterocycles. The van der Waals surface area contributed by atoms with E-state index in [4.69, 9.17) is 15.2 Å². The predicted molar refractivity (Wildman–Crippen MR) is 95.7 cm³/mol. The van der Waals surface area contributed by atoms with Gasteiger partial charge in [0.25, 0.3) is 0 Å². The van der Waals surface area contributed by atoms with Gasteiger partial charge in [0.15, 0.2) is 17.6 Å². The van der Waals surface area contributed by atoms with E-state index in [1.165, 1.54) is 0 Å². The molecule has 1 saturated carbocycles. The first-order valence-electron chi connectivity index (χ1n) is 8.60. The van der Waals surface area contributed by atoms with Crippen molar-refractivity contribution in [3.05, 3.63) is 24.3 Å². The summed E-state index contributed by atoms with van der Waals surface area (Å²) in [5.74, 6) is 2.17. The molecule has 2 aliphatic rings. The number of halogens is 1. The number of likely N-dealkylation sites (N-methyl/N-ethyl adjacent to an activating group) is 1. The molecule has 0 bridgehead atoms. The van der Waals surface area contributed by atoms with Gasteiger partial charge in [-0.25, -0.2) is 0 Å². The average Bonchev–Trinajstić information content (AvgIpc) is 3.07. The number of ether oxygens (including phenoxy) is 2. The van der Waals surface area contributed by atoms with E-state index in [0.29, 0.717) is 32.2 Å². The van der Waals surface area contributed by atoms with Crippen molar-refractivity contribution in [2.45, 2.75) is 32.3 Å². The van der Waals surface area contributed by atoms with E-state index in [9.17, 15) is 4.79 Å². The molecule has 5 nitrogen and oxygen atoms in total. The lowest BCUT2D eigenvalue weighted by Gasteiger charge is -2.33. The number of rotatable bonds is 5. The smallest absolute Gasteiger partial charge is 0.226 e. The van der Waals surface area contributed by atoms with Gasteiger partial charge >= 0.3 is 0 Å². The van der Waals surface area contributed by atoms with Crippen LogP contribution >= 0.6 is 12.4 Å². The summed E-state index contributed by atoms with van der Waals surface area (Å²) in [4.78, 5) is 14.7. The van der Waals surface area contributed by atoms with Crippen molar-refractivity contribution < 1.29 is 14.3 Å². The first kappa shape index (κ1) is 18.9. The van der Waals surface area contributed by atoms with E-state index in [0.717, 1.165) is 30.8 Å². The molecule has 1 aliphatic heterocycles. The van der Waals surface area contributed by atoms with Crippen LogP contribution in [0.4, 0.5) is 0 Å². The van der Waals surface area contributed by atoms with Crippen LogP contribution in [0.15, 0.2) is 24.3 Å². The molecule has 6 heteroatoms. The summed E-state index contributed by atoms with van der Waals surface area (Å²) < 4.78 is 11.7. The molecule has 3 rings (SSSR count). The van der Waals surface area contributed by atoms with E-state index in [-0.39, 0.29) is 30.3 Å². The number of carbonyl (C=O) groups is 1. The van der Waals surface area contributed by atoms with Gasteiger partial charge in [-0.05, 0) is 44.4 Å². The summed E-state index contributed by atoms with van der Waals surface area (Å²) in [5, 5.41) is 0. The third kappa shape index (κ3) is 3.95. The maximum atomic E-state index is 12.8. The van der Waals surface area contributed by atoms with E-state index in [1.807, 2.05) is 36.1 Å². The normalized spacial score (nSPS) is 25.0. The molecular formula is C18H27ClN2O3. The van der Waals surface area contributed by atoms with Crippen LogP contribution in [0.2, 0.25) is 0 Å². The standard InChI is InChI=1S/C18H26N2O3.ClH/c1-2-20(18(21)15-7-5-6-13(15)10-19)11-14-12-22-16-8-3-4-9-17(16)23-14;/h3-4,8-9,13-15H,2,5-7,10-12,19H2,1H3;1H/t13-,14?,15-;/m1./s1. The van der Waals surface area contributed by atoms with Crippen LogP contribution in [0.25, 0.3) is 0 Å². The van der Waals surface area contributed by atoms with Gasteiger partial charge in [-0.1, -0.05) is 18.6 Å². The minimum Gasteiger partial charge on any atom is -0.486 e. The van der Waals surface area contributed by atoms with Crippen molar-refractivity contribution in [3.63, 3.8) is 0 Å². The fraction of sp³-hybridized carbons (Fsp3) is 0.611. The number of fused-ring (bicyclic) bond motifs is 1. The zero-order valence-corrected chi connectivity index (χ0v) is 15.0. The Balaban J connectivity index is 0.00000208. The van der Waals surface area contributed by atoms with Gasteiger partial charge in [0.2, 0.25) is 5.91 Å². The third-order valence-electron chi connectivity index (χ3n) is 4.96. The maximum absolute atomic E-state index is 12.8. The maximum Gasteiger partial charge on any atom is 0.226 e. The number of nitrogens with zero attached hydrogens (tertiary/aromatic N) is 1. The first-order valence-corrected chi connectivity index (χ1v) is 8.60. The molecule has 3 atom stereocenters. The first-order chi connectivity index (χ1) is 11.2. The Morgan fingerprint density at radius 2 is 2.04 bits per heavy atom. The Morgan fingerprint density at radius 1 is 1.29 bits per heavy atom. The monoisotopic (exact) mass is 354 g/mol. The Bertz CT molecular complexity index is 555. The SMILES string of the molecule is CCN(CC1COc2ccccc2O1)C(=O)[C@@H]1CCC[C@@H]1CN.Cl. The lowest BCUT2D eigenvalue weighted by molar-refractivity contribution is -0.138. The zero-order valence-electron chi connectivity index (χ0n) is 14.1. The number of benzene rings is 1. The Morgan fingerprint density at radius 3 is 2.75 bits per heavy atom. The minimum atomic E-state index is -0.119. The number of carbonyl (C=O) groups excluding carboxylic acids is 1. The molecule has 1 aromatic rings. The van der Waals surface area contributed by atoms with E-state index < -0.39 is 0 Å². The molecule has 0 radical (unpaired) electrons. The van der Waals surface area contributed by atoms with Gasteiger partial charge < -0.3 is 20.1 Å². The lowest BCUT2D eigenvalue weighted by Crippen LogP contribution is -2.46. The molecule has 1 unspecified atom stereocenters. The fourth-order valence-corrected chi connectivity index (χ4v) is 3.65. The molecule has 1 amide bonds. The van der Waals surface area contributed by atoms with Crippen LogP contribution in [0, 0.1) is 11.8 Å². The fourth-order valence-electron chi connectivity index (χ4n) is 3.65. The molecule has 1 aliphatic carbocycles. The minimum absolute atomic E-state index is 0. The summed E-state index contributed by atoms with van der Waals surface area (Å²) in [6.45, 7) is 4.35. The molecule has 0 spiro atoms. The summed E-state index contributed by atoms with van der Waals surface area (Å²) >= 11 is 0. The van der Waals surface area contributed by atoms with E-state index in [1.54, 1.807) is 0 Å². The summed E-state index contributed by atoms with van der Waals surface area (Å²) in [6.07, 6.45) is 3.02. The van der Waals surface area contributed by atoms with Crippen LogP contribution in [-0.2, 0) is 4.79 Å². The second kappa shape index (κ2) is 8.58. The molecule has 134 valence electrons. The van der Waals surface area contributed by atoms with Crippen molar-refractivity contribution in [2.24, 2.45) is 17.6 Å². The summed E-state index contributed by atoms with van der Waals surface area (Å²) in [7, 11) is 0. The average molecular weight is 355 g/mol. The third-order valence-corrected chi connectivity index (χ3v) is 4.96. The largest absolute Gasteiger partial charge is 0.486 e. The van der Waals surface area contributed by atoms with Crippen molar-refractivity contribution in [1.82, 2.24) is 4.90 Å². The van der Waals surface area contributed by atoms with Crippen LogP contribution in [0.5, 0.6) is 11.5 Å². The van der Waals surface area contributed by atoms with Crippen LogP contribution in [0.1, 0.15) is 26.2 Å². The van der Waals surface area contributed by atoms with Gasteiger partial charge in [-0.2, -0.15) is 0 Å². The quantitative estimate of drug-likeness (QED) is 0.882. The molecule has 2 N–H and O–H groups in total. The second-order valence-electron chi connectivity index (χ2n) is 6.41. The van der Waals surface area contributed by atoms with Crippen molar-refractivity contribution in [2.75, 3.05) is 26.2 Å². The Hall–Kier alpha value is -1.46. The number of para-hydroxylation sites is 2. The molecular weight excluding hydrogens is 328 g/mol. The Labute approximate surface area is 149 Å². The number of hydrogen-bond donors (Lipinski definition) is 1. The number of hydrogen-bond acceptors (Lipinski definition) is 4. The van der Waals surface area contributed by atoms with Crippen molar-refractivity contribution in [1.29, 1.82) is 0 Å². The highest BCUT2D eigenvalue weighted by Crippen LogP contribution is 2.33. The highest BCUT2D eigenvalue weighted by molar-refractivity contribution is 5.85. The number of amides is 1. The predicted octanol–water partition coefficient (Wildman–Crippen LogP) is 2.47. The molecule has 24 heavy (non-hydrogen) atoms. The molecule has 1 aromatic carbocycles. The van der Waals surface area contributed by atoms with Crippen LogP contribution < -0.4 is 15.2 Å². The van der Waals surface area contributed by atoms with Gasteiger partial charge in [-0.15, -0.1) is 12.4 Å². The van der Waals surface area contributed by atoms with E-state index >= 15 is 0 Å². The summed E-state index contributed by atoms with van der Waals surface area (Å²) in [6, 6.07) is 7.66. The van der Waals surface area contributed by atoms with Gasteiger partial charge in [0, 0.05) is 12.5 Å². The van der Waals surface area contributed by atoms with Crippen molar-refractivity contribution >= 4 is 18.3 Å². The van der Waals surface area contributed by atoms with Crippen LogP contribution in [-0.4, -0.2) is 43.2 Å². The second-order valence-corrected chi connectivity index (χ2v) is 6.41. The van der Waals surface area contributed by atoms with Crippen LogP contribution in [0.3, 0.4) is 0 Å². The number of nitrogens with two attached hydrogens (primary N) is 1. The van der Waals surface area contributed by atoms with Crippen molar-refractivity contribution in [3.8, 4) is 11.5 Å². The van der Waals surface area contributed by atoms with Gasteiger partial charge in [-0.3, -0.25) is 4.79 Å². The zero-order chi connectivity index (χ0) is 16.2. The molecule has 1 fully saturated rings. The summed E-state index contributed by atoms with van der Waals surface area (Å²) in [5.41, 5.74) is 5.83. The topological polar surface area (TPSA) is 64.8 Å². The van der Waals surface area contributed by atoms with Gasteiger partial charge in [0.05, 0.1) is 6.54 Å². The van der Waals surface area contributed by atoms with E-state index in [2.05, 4.69) is 0 Å². The molecule has 0 saturated heterocycles. The Kier molecular flexibility index (Phi) is 6.75. The highest BCUT2D eigenvalue weighted by Gasteiger charge is 2.35. The molecule has 0 aromatic heterocycles. The highest BCUT2D eigenvalue weighted by atomic mass is 35.5.